The summed E-state index contributed by atoms with van der Waals surface area (Å²) in [7, 11) is -1.16. The molecule has 8 heteroatoms. The number of aromatic nitrogens is 1. The summed E-state index contributed by atoms with van der Waals surface area (Å²) >= 11 is 0. The maximum Gasteiger partial charge on any atom is 0.274 e. The summed E-state index contributed by atoms with van der Waals surface area (Å²) in [6, 6.07) is 9.04. The van der Waals surface area contributed by atoms with Gasteiger partial charge in [-0.2, -0.15) is 0 Å². The third-order valence-electron chi connectivity index (χ3n) is 4.27. The molecule has 2 heterocycles. The smallest absolute Gasteiger partial charge is 0.274 e. The van der Waals surface area contributed by atoms with Crippen molar-refractivity contribution in [3.8, 4) is 0 Å². The van der Waals surface area contributed by atoms with E-state index in [4.69, 9.17) is 0 Å². The average Bonchev–Trinajstić information content (AvgIpc) is 2.96. The SMILES string of the molecule is CN(c1ccc(C(=O)Nc2ccccc2F)nc1)C1CCS(=O)(=O)C1. The Hall–Kier alpha value is -2.48. The Morgan fingerprint density at radius 2 is 2.04 bits per heavy atom. The molecule has 0 saturated carbocycles. The van der Waals surface area contributed by atoms with Gasteiger partial charge >= 0.3 is 0 Å². The summed E-state index contributed by atoms with van der Waals surface area (Å²) in [6.07, 6.45) is 2.09. The number of carbonyl (C=O) groups excluding carboxylic acids is 1. The van der Waals surface area contributed by atoms with Crippen LogP contribution in [0.2, 0.25) is 0 Å². The number of carbonyl (C=O) groups is 1. The third-order valence-corrected chi connectivity index (χ3v) is 6.02. The quantitative estimate of drug-likeness (QED) is 0.900. The number of hydrogen-bond donors (Lipinski definition) is 1. The number of sulfone groups is 1. The van der Waals surface area contributed by atoms with Gasteiger partial charge in [0.1, 0.15) is 11.5 Å². The monoisotopic (exact) mass is 363 g/mol. The fourth-order valence-corrected chi connectivity index (χ4v) is 4.54. The Morgan fingerprint density at radius 1 is 1.28 bits per heavy atom. The molecule has 0 aliphatic carbocycles. The highest BCUT2D eigenvalue weighted by atomic mass is 32.2. The predicted octanol–water partition coefficient (Wildman–Crippen LogP) is 2.10. The van der Waals surface area contributed by atoms with Crippen LogP contribution in [0.3, 0.4) is 0 Å². The molecule has 1 amide bonds. The van der Waals surface area contributed by atoms with E-state index < -0.39 is 21.6 Å². The summed E-state index contributed by atoms with van der Waals surface area (Å²) in [5.74, 6) is -0.713. The molecule has 1 saturated heterocycles. The number of amides is 1. The minimum atomic E-state index is -2.97. The van der Waals surface area contributed by atoms with Gasteiger partial charge in [0.05, 0.1) is 29.1 Å². The van der Waals surface area contributed by atoms with Gasteiger partial charge < -0.3 is 10.2 Å². The summed E-state index contributed by atoms with van der Waals surface area (Å²) < 4.78 is 36.8. The Kier molecular flexibility index (Phi) is 4.71. The minimum Gasteiger partial charge on any atom is -0.369 e. The molecule has 0 radical (unpaired) electrons. The number of para-hydroxylation sites is 1. The molecule has 0 bridgehead atoms. The van der Waals surface area contributed by atoms with E-state index in [0.717, 1.165) is 5.69 Å². The van der Waals surface area contributed by atoms with Crippen LogP contribution in [0.15, 0.2) is 42.6 Å². The van der Waals surface area contributed by atoms with Crippen LogP contribution >= 0.6 is 0 Å². The third kappa shape index (κ3) is 3.96. The number of rotatable bonds is 4. The number of hydrogen-bond acceptors (Lipinski definition) is 5. The molecule has 1 aliphatic heterocycles. The summed E-state index contributed by atoms with van der Waals surface area (Å²) in [5, 5.41) is 2.47. The van der Waals surface area contributed by atoms with Crippen LogP contribution in [0.1, 0.15) is 16.9 Å². The molecule has 1 fully saturated rings. The first-order chi connectivity index (χ1) is 11.9. The largest absolute Gasteiger partial charge is 0.369 e. The molecule has 6 nitrogen and oxygen atoms in total. The molecule has 2 aromatic rings. The molecule has 25 heavy (non-hydrogen) atoms. The van der Waals surface area contributed by atoms with Gasteiger partial charge in [-0.3, -0.25) is 4.79 Å². The normalized spacial score (nSPS) is 18.7. The zero-order chi connectivity index (χ0) is 18.0. The molecule has 1 aromatic heterocycles. The highest BCUT2D eigenvalue weighted by Crippen LogP contribution is 2.22. The van der Waals surface area contributed by atoms with Crippen molar-refractivity contribution in [1.29, 1.82) is 0 Å². The molecule has 1 N–H and O–H groups in total. The lowest BCUT2D eigenvalue weighted by atomic mass is 10.2. The molecular formula is C17H18FN3O3S. The van der Waals surface area contributed by atoms with Crippen molar-refractivity contribution in [3.05, 3.63) is 54.1 Å². The molecular weight excluding hydrogens is 345 g/mol. The van der Waals surface area contributed by atoms with Gasteiger partial charge in [0, 0.05) is 13.1 Å². The standard InChI is InChI=1S/C17H18FN3O3S/c1-21(13-8-9-25(23,24)11-13)12-6-7-16(19-10-12)17(22)20-15-5-3-2-4-14(15)18/h2-7,10,13H,8-9,11H2,1H3,(H,20,22). The lowest BCUT2D eigenvalue weighted by Gasteiger charge is -2.25. The van der Waals surface area contributed by atoms with Crippen LogP contribution in [0.25, 0.3) is 0 Å². The topological polar surface area (TPSA) is 79.4 Å². The van der Waals surface area contributed by atoms with E-state index in [2.05, 4.69) is 10.3 Å². The van der Waals surface area contributed by atoms with Crippen LogP contribution in [0.5, 0.6) is 0 Å². The molecule has 1 unspecified atom stereocenters. The Labute approximate surface area is 145 Å². The van der Waals surface area contributed by atoms with E-state index in [0.29, 0.717) is 6.42 Å². The van der Waals surface area contributed by atoms with Gasteiger partial charge in [-0.05, 0) is 30.7 Å². The van der Waals surface area contributed by atoms with E-state index >= 15 is 0 Å². The minimum absolute atomic E-state index is 0.0895. The maximum atomic E-state index is 13.6. The fraction of sp³-hybridized carbons (Fsp3) is 0.294. The molecule has 1 aliphatic rings. The second-order valence-corrected chi connectivity index (χ2v) is 8.23. The fourth-order valence-electron chi connectivity index (χ4n) is 2.77. The average molecular weight is 363 g/mol. The Balaban J connectivity index is 1.69. The number of benzene rings is 1. The van der Waals surface area contributed by atoms with E-state index in [1.54, 1.807) is 12.1 Å². The number of halogens is 1. The number of pyridine rings is 1. The summed E-state index contributed by atoms with van der Waals surface area (Å²) in [6.45, 7) is 0. The van der Waals surface area contributed by atoms with Gasteiger partial charge in [0.25, 0.3) is 5.91 Å². The number of nitrogens with zero attached hydrogens (tertiary/aromatic N) is 2. The van der Waals surface area contributed by atoms with Crippen molar-refractivity contribution in [3.63, 3.8) is 0 Å². The van der Waals surface area contributed by atoms with E-state index in [1.807, 2.05) is 11.9 Å². The van der Waals surface area contributed by atoms with Crippen molar-refractivity contribution in [2.24, 2.45) is 0 Å². The van der Waals surface area contributed by atoms with Crippen molar-refractivity contribution in [1.82, 2.24) is 4.98 Å². The second kappa shape index (κ2) is 6.79. The van der Waals surface area contributed by atoms with E-state index in [-0.39, 0.29) is 28.9 Å². The zero-order valence-electron chi connectivity index (χ0n) is 13.6. The van der Waals surface area contributed by atoms with Crippen molar-refractivity contribution >= 4 is 27.1 Å². The molecule has 0 spiro atoms. The lowest BCUT2D eigenvalue weighted by molar-refractivity contribution is 0.102. The van der Waals surface area contributed by atoms with Gasteiger partial charge in [-0.25, -0.2) is 17.8 Å². The first kappa shape index (κ1) is 17.3. The van der Waals surface area contributed by atoms with Crippen LogP contribution < -0.4 is 10.2 Å². The first-order valence-electron chi connectivity index (χ1n) is 7.81. The zero-order valence-corrected chi connectivity index (χ0v) is 14.5. The van der Waals surface area contributed by atoms with Crippen molar-refractivity contribution in [2.75, 3.05) is 28.8 Å². The van der Waals surface area contributed by atoms with Crippen LogP contribution in [0, 0.1) is 5.82 Å². The lowest BCUT2D eigenvalue weighted by Crippen LogP contribution is -2.32. The van der Waals surface area contributed by atoms with Gasteiger partial charge in [0.15, 0.2) is 9.84 Å². The highest BCUT2D eigenvalue weighted by molar-refractivity contribution is 7.91. The van der Waals surface area contributed by atoms with Gasteiger partial charge in [-0.15, -0.1) is 0 Å². The van der Waals surface area contributed by atoms with E-state index in [9.17, 15) is 17.6 Å². The maximum absolute atomic E-state index is 13.6. The van der Waals surface area contributed by atoms with Crippen LogP contribution in [-0.2, 0) is 9.84 Å². The molecule has 132 valence electrons. The van der Waals surface area contributed by atoms with Gasteiger partial charge in [0.2, 0.25) is 0 Å². The van der Waals surface area contributed by atoms with Crippen LogP contribution in [0.4, 0.5) is 15.8 Å². The van der Waals surface area contributed by atoms with Crippen molar-refractivity contribution in [2.45, 2.75) is 12.5 Å². The summed E-state index contributed by atoms with van der Waals surface area (Å²) in [5.41, 5.74) is 0.968. The first-order valence-corrected chi connectivity index (χ1v) is 9.63. The summed E-state index contributed by atoms with van der Waals surface area (Å²) in [4.78, 5) is 18.1. The highest BCUT2D eigenvalue weighted by Gasteiger charge is 2.30. The van der Waals surface area contributed by atoms with Crippen molar-refractivity contribution < 1.29 is 17.6 Å². The number of anilines is 2. The van der Waals surface area contributed by atoms with Crippen LogP contribution in [-0.4, -0.2) is 43.9 Å². The second-order valence-electron chi connectivity index (χ2n) is 6.00. The van der Waals surface area contributed by atoms with Gasteiger partial charge in [-0.1, -0.05) is 12.1 Å². The van der Waals surface area contributed by atoms with E-state index in [1.165, 1.54) is 30.5 Å². The molecule has 1 aromatic carbocycles. The molecule has 1 atom stereocenters. The number of nitrogens with one attached hydrogen (secondary N) is 1. The Morgan fingerprint density at radius 3 is 2.64 bits per heavy atom. The molecule has 3 rings (SSSR count). The Bertz CT molecular complexity index is 884. The predicted molar refractivity (Wildman–Crippen MR) is 94.1 cm³/mol.